The van der Waals surface area contributed by atoms with Crippen LogP contribution in [0.25, 0.3) is 22.4 Å². The maximum absolute atomic E-state index is 14.1. The van der Waals surface area contributed by atoms with Gasteiger partial charge in [0.1, 0.15) is 12.1 Å². The molecule has 0 bridgehead atoms. The van der Waals surface area contributed by atoms with Crippen molar-refractivity contribution in [2.45, 2.75) is 51.7 Å². The standard InChI is InChI=1S/C21H23FN6O2/c1-21(2,3)17-10-24-25-28(17)19-18-20(29)26(11-14-5-4-8-30-14)16-9-13(22)6-7-15(16)27(18)12-23-19/h6-7,9-10,12,14H,4-5,8,11H2,1-3H3. The van der Waals surface area contributed by atoms with Crippen molar-refractivity contribution in [3.05, 3.63) is 52.6 Å². The van der Waals surface area contributed by atoms with Crippen LogP contribution in [0.3, 0.4) is 0 Å². The fourth-order valence-electron chi connectivity index (χ4n) is 4.11. The zero-order valence-electron chi connectivity index (χ0n) is 17.2. The maximum Gasteiger partial charge on any atom is 0.279 e. The topological polar surface area (TPSA) is 79.2 Å². The Morgan fingerprint density at radius 3 is 2.83 bits per heavy atom. The molecule has 1 unspecified atom stereocenters. The largest absolute Gasteiger partial charge is 0.376 e. The fourth-order valence-corrected chi connectivity index (χ4v) is 4.11. The lowest BCUT2D eigenvalue weighted by Gasteiger charge is -2.19. The fraction of sp³-hybridized carbons (Fsp3) is 0.429. The summed E-state index contributed by atoms with van der Waals surface area (Å²) in [6.07, 6.45) is 5.03. The molecule has 0 spiro atoms. The van der Waals surface area contributed by atoms with Gasteiger partial charge in [-0.15, -0.1) is 5.10 Å². The predicted octanol–water partition coefficient (Wildman–Crippen LogP) is 2.85. The summed E-state index contributed by atoms with van der Waals surface area (Å²) in [5, 5.41) is 8.25. The van der Waals surface area contributed by atoms with Crippen LogP contribution in [-0.4, -0.2) is 41.7 Å². The minimum atomic E-state index is -0.394. The molecule has 9 heteroatoms. The first-order valence-electron chi connectivity index (χ1n) is 10.1. The van der Waals surface area contributed by atoms with Crippen molar-refractivity contribution in [2.75, 3.05) is 6.61 Å². The van der Waals surface area contributed by atoms with Crippen molar-refractivity contribution >= 4 is 16.6 Å². The normalized spacial score (nSPS) is 17.4. The van der Waals surface area contributed by atoms with Gasteiger partial charge in [0.2, 0.25) is 0 Å². The van der Waals surface area contributed by atoms with Crippen LogP contribution in [0.4, 0.5) is 4.39 Å². The number of benzene rings is 1. The van der Waals surface area contributed by atoms with Crippen LogP contribution in [0.1, 0.15) is 39.3 Å². The van der Waals surface area contributed by atoms with E-state index in [1.165, 1.54) is 12.1 Å². The van der Waals surface area contributed by atoms with E-state index in [1.54, 1.807) is 32.2 Å². The smallest absolute Gasteiger partial charge is 0.279 e. The van der Waals surface area contributed by atoms with E-state index in [1.807, 2.05) is 20.8 Å². The van der Waals surface area contributed by atoms with Crippen molar-refractivity contribution in [1.82, 2.24) is 28.9 Å². The first kappa shape index (κ1) is 18.9. The van der Waals surface area contributed by atoms with E-state index in [2.05, 4.69) is 15.3 Å². The Morgan fingerprint density at radius 2 is 2.10 bits per heavy atom. The van der Waals surface area contributed by atoms with Gasteiger partial charge < -0.3 is 9.30 Å². The molecule has 4 heterocycles. The van der Waals surface area contributed by atoms with Gasteiger partial charge in [0, 0.05) is 12.0 Å². The zero-order valence-corrected chi connectivity index (χ0v) is 17.2. The molecule has 5 rings (SSSR count). The lowest BCUT2D eigenvalue weighted by Crippen LogP contribution is -2.29. The van der Waals surface area contributed by atoms with Gasteiger partial charge in [0.15, 0.2) is 11.3 Å². The molecule has 1 aliphatic heterocycles. The molecule has 30 heavy (non-hydrogen) atoms. The molecule has 3 aromatic heterocycles. The third kappa shape index (κ3) is 2.92. The molecule has 1 saturated heterocycles. The van der Waals surface area contributed by atoms with Crippen LogP contribution in [0, 0.1) is 5.82 Å². The molecule has 1 atom stereocenters. The molecule has 0 saturated carbocycles. The summed E-state index contributed by atoms with van der Waals surface area (Å²) in [5.41, 5.74) is 1.93. The second-order valence-corrected chi connectivity index (χ2v) is 8.75. The Bertz CT molecular complexity index is 1310. The third-order valence-electron chi connectivity index (χ3n) is 5.61. The number of ether oxygens (including phenoxy) is 1. The molecule has 1 fully saturated rings. The Hall–Kier alpha value is -3.07. The number of halogens is 1. The van der Waals surface area contributed by atoms with Crippen LogP contribution >= 0.6 is 0 Å². The van der Waals surface area contributed by atoms with Crippen LogP contribution in [0.5, 0.6) is 0 Å². The minimum absolute atomic E-state index is 0.0699. The van der Waals surface area contributed by atoms with E-state index in [4.69, 9.17) is 4.74 Å². The average Bonchev–Trinajstić information content (AvgIpc) is 3.43. The first-order valence-corrected chi connectivity index (χ1v) is 10.1. The molecule has 0 N–H and O–H groups in total. The highest BCUT2D eigenvalue weighted by molar-refractivity contribution is 5.81. The molecule has 1 aromatic carbocycles. The molecule has 0 aliphatic carbocycles. The summed E-state index contributed by atoms with van der Waals surface area (Å²) >= 11 is 0. The van der Waals surface area contributed by atoms with Gasteiger partial charge >= 0.3 is 0 Å². The van der Waals surface area contributed by atoms with Gasteiger partial charge in [-0.05, 0) is 31.0 Å². The highest BCUT2D eigenvalue weighted by Gasteiger charge is 2.26. The molecule has 0 amide bonds. The molecular formula is C21H23FN6O2. The molecule has 8 nitrogen and oxygen atoms in total. The summed E-state index contributed by atoms with van der Waals surface area (Å²) < 4.78 is 24.7. The third-order valence-corrected chi connectivity index (χ3v) is 5.61. The van der Waals surface area contributed by atoms with Gasteiger partial charge in [0.05, 0.1) is 35.6 Å². The molecule has 0 radical (unpaired) electrons. The monoisotopic (exact) mass is 410 g/mol. The van der Waals surface area contributed by atoms with E-state index >= 15 is 0 Å². The second kappa shape index (κ2) is 6.73. The lowest BCUT2D eigenvalue weighted by molar-refractivity contribution is 0.0973. The van der Waals surface area contributed by atoms with Crippen LogP contribution in [0.15, 0.2) is 35.5 Å². The highest BCUT2D eigenvalue weighted by atomic mass is 19.1. The number of fused-ring (bicyclic) bond motifs is 3. The van der Waals surface area contributed by atoms with Gasteiger partial charge in [-0.25, -0.2) is 9.37 Å². The summed E-state index contributed by atoms with van der Waals surface area (Å²) in [4.78, 5) is 18.1. The quantitative estimate of drug-likeness (QED) is 0.519. The molecular weight excluding hydrogens is 387 g/mol. The number of hydrogen-bond acceptors (Lipinski definition) is 5. The van der Waals surface area contributed by atoms with Crippen LogP contribution < -0.4 is 5.56 Å². The molecule has 156 valence electrons. The van der Waals surface area contributed by atoms with Crippen LogP contribution in [-0.2, 0) is 16.7 Å². The van der Waals surface area contributed by atoms with Gasteiger partial charge in [-0.2, -0.15) is 4.68 Å². The number of imidazole rings is 1. The van der Waals surface area contributed by atoms with Gasteiger partial charge in [-0.1, -0.05) is 26.0 Å². The Morgan fingerprint density at radius 1 is 1.27 bits per heavy atom. The highest BCUT2D eigenvalue weighted by Crippen LogP contribution is 2.26. The van der Waals surface area contributed by atoms with E-state index in [9.17, 15) is 9.18 Å². The SMILES string of the molecule is CC(C)(C)c1cnnn1-c1ncn2c1c(=O)n(CC1CCCO1)c1cc(F)ccc12. The molecule has 1 aliphatic rings. The number of nitrogens with zero attached hydrogens (tertiary/aromatic N) is 6. The van der Waals surface area contributed by atoms with E-state index in [-0.39, 0.29) is 17.1 Å². The van der Waals surface area contributed by atoms with E-state index in [0.717, 1.165) is 18.5 Å². The number of rotatable bonds is 3. The van der Waals surface area contributed by atoms with Crippen molar-refractivity contribution in [1.29, 1.82) is 0 Å². The summed E-state index contributed by atoms with van der Waals surface area (Å²) in [6.45, 7) is 7.19. The Balaban J connectivity index is 1.82. The van der Waals surface area contributed by atoms with Crippen LogP contribution in [0.2, 0.25) is 0 Å². The van der Waals surface area contributed by atoms with Crippen molar-refractivity contribution < 1.29 is 9.13 Å². The molecule has 4 aromatic rings. The first-order chi connectivity index (χ1) is 14.3. The van der Waals surface area contributed by atoms with E-state index < -0.39 is 5.82 Å². The summed E-state index contributed by atoms with van der Waals surface area (Å²) in [7, 11) is 0. The second-order valence-electron chi connectivity index (χ2n) is 8.75. The Kier molecular flexibility index (Phi) is 4.25. The average molecular weight is 410 g/mol. The van der Waals surface area contributed by atoms with Gasteiger partial charge in [-0.3, -0.25) is 9.20 Å². The van der Waals surface area contributed by atoms with E-state index in [0.29, 0.717) is 35.5 Å². The number of hydrogen-bond donors (Lipinski definition) is 0. The van der Waals surface area contributed by atoms with Crippen molar-refractivity contribution in [3.63, 3.8) is 0 Å². The summed E-state index contributed by atoms with van der Waals surface area (Å²) in [6, 6.07) is 4.44. The maximum atomic E-state index is 14.1. The van der Waals surface area contributed by atoms with Crippen molar-refractivity contribution in [2.24, 2.45) is 0 Å². The predicted molar refractivity (Wildman–Crippen MR) is 110 cm³/mol. The summed E-state index contributed by atoms with van der Waals surface area (Å²) in [5.74, 6) is 0.0173. The zero-order chi connectivity index (χ0) is 21.0. The minimum Gasteiger partial charge on any atom is -0.376 e. The van der Waals surface area contributed by atoms with Gasteiger partial charge in [0.25, 0.3) is 5.56 Å². The lowest BCUT2D eigenvalue weighted by atomic mass is 9.93. The number of aromatic nitrogens is 6. The Labute approximate surface area is 171 Å². The van der Waals surface area contributed by atoms with Crippen molar-refractivity contribution in [3.8, 4) is 5.82 Å².